The summed E-state index contributed by atoms with van der Waals surface area (Å²) >= 11 is 2.70. The fourth-order valence-electron chi connectivity index (χ4n) is 1.73. The summed E-state index contributed by atoms with van der Waals surface area (Å²) in [6.07, 6.45) is -1.76. The zero-order valence-corrected chi connectivity index (χ0v) is 11.9. The van der Waals surface area contributed by atoms with Gasteiger partial charge >= 0.3 is 5.69 Å². The Hall–Kier alpha value is -0.390. The molecule has 0 amide bonds. The molecule has 100 valence electrons. The smallest absolute Gasteiger partial charge is 0.329 e. The van der Waals surface area contributed by atoms with Gasteiger partial charge in [-0.1, -0.05) is 0 Å². The molecule has 1 fully saturated rings. The van der Waals surface area contributed by atoms with Gasteiger partial charge in [0.25, 0.3) is 5.56 Å². The van der Waals surface area contributed by atoms with Crippen LogP contribution < -0.4 is 11.2 Å². The van der Waals surface area contributed by atoms with Gasteiger partial charge in [-0.3, -0.25) is 14.3 Å². The number of thioether (sulfide) groups is 1. The molecule has 2 heterocycles. The number of hydrogen-bond donors (Lipinski definition) is 3. The second-order valence-electron chi connectivity index (χ2n) is 3.83. The van der Waals surface area contributed by atoms with Crippen molar-refractivity contribution in [2.24, 2.45) is 0 Å². The van der Waals surface area contributed by atoms with E-state index < -0.39 is 34.1 Å². The van der Waals surface area contributed by atoms with E-state index in [-0.39, 0.29) is 10.2 Å². The van der Waals surface area contributed by atoms with Crippen LogP contribution in [0.15, 0.2) is 15.8 Å². The first kappa shape index (κ1) is 14.0. The minimum Gasteiger partial charge on any atom is -0.395 e. The van der Waals surface area contributed by atoms with Gasteiger partial charge in [0.2, 0.25) is 0 Å². The van der Waals surface area contributed by atoms with Gasteiger partial charge in [-0.2, -0.15) is 0 Å². The zero-order chi connectivity index (χ0) is 13.4. The van der Waals surface area contributed by atoms with Crippen molar-refractivity contribution < 1.29 is 14.6 Å². The van der Waals surface area contributed by atoms with E-state index in [0.717, 1.165) is 16.3 Å². The Morgan fingerprint density at radius 3 is 2.78 bits per heavy atom. The molecule has 1 aromatic heterocycles. The molecule has 0 aliphatic carbocycles. The van der Waals surface area contributed by atoms with Gasteiger partial charge in [0.05, 0.1) is 15.4 Å². The van der Waals surface area contributed by atoms with E-state index >= 15 is 0 Å². The van der Waals surface area contributed by atoms with Crippen LogP contribution >= 0.6 is 34.4 Å². The van der Waals surface area contributed by atoms with E-state index in [0.29, 0.717) is 0 Å². The molecule has 2 rings (SSSR count). The number of hydrogen-bond acceptors (Lipinski definition) is 5. The van der Waals surface area contributed by atoms with Crippen molar-refractivity contribution >= 4 is 34.4 Å². The van der Waals surface area contributed by atoms with Crippen molar-refractivity contribution in [3.8, 4) is 0 Å². The molecule has 9 heteroatoms. The van der Waals surface area contributed by atoms with Crippen LogP contribution in [0.3, 0.4) is 0 Å². The number of alkyl halides is 1. The molecule has 3 N–H and O–H groups in total. The number of aromatic nitrogens is 2. The van der Waals surface area contributed by atoms with Gasteiger partial charge in [0.15, 0.2) is 6.17 Å². The third-order valence-electron chi connectivity index (χ3n) is 2.67. The fourth-order valence-corrected chi connectivity index (χ4v) is 3.52. The molecule has 1 aliphatic rings. The summed E-state index contributed by atoms with van der Waals surface area (Å²) in [5, 5.41) is 16.9. The van der Waals surface area contributed by atoms with E-state index in [1.54, 1.807) is 22.6 Å². The standard InChI is InChI=1S/C9H10FIN2O4S/c10-5-6(15)4(2-14)18-8(5)13-1-3(11)7(16)12-9(13)17/h1,4-6,8,14-15H,2H2,(H,12,16,17)/t4-,5+,6-,8-/m1/s1. The van der Waals surface area contributed by atoms with Crippen LogP contribution in [0.25, 0.3) is 0 Å². The molecule has 1 aliphatic heterocycles. The number of H-pyrrole nitrogens is 1. The third kappa shape index (κ3) is 2.36. The lowest BCUT2D eigenvalue weighted by Crippen LogP contribution is -2.36. The minimum absolute atomic E-state index is 0.252. The van der Waals surface area contributed by atoms with Gasteiger partial charge < -0.3 is 10.2 Å². The topological polar surface area (TPSA) is 95.3 Å². The van der Waals surface area contributed by atoms with Crippen LogP contribution in [-0.4, -0.2) is 43.9 Å². The van der Waals surface area contributed by atoms with E-state index in [2.05, 4.69) is 4.98 Å². The van der Waals surface area contributed by atoms with Crippen molar-refractivity contribution in [3.63, 3.8) is 0 Å². The predicted octanol–water partition coefficient (Wildman–Crippen LogP) is -0.553. The molecule has 1 saturated heterocycles. The lowest BCUT2D eigenvalue weighted by Gasteiger charge is -2.15. The van der Waals surface area contributed by atoms with E-state index in [1.807, 2.05) is 0 Å². The lowest BCUT2D eigenvalue weighted by molar-refractivity contribution is 0.0630. The molecular weight excluding hydrogens is 378 g/mol. The molecule has 6 nitrogen and oxygen atoms in total. The van der Waals surface area contributed by atoms with Crippen molar-refractivity contribution in [1.82, 2.24) is 9.55 Å². The first-order valence-corrected chi connectivity index (χ1v) is 7.07. The van der Waals surface area contributed by atoms with Crippen LogP contribution in [0.5, 0.6) is 0 Å². The van der Waals surface area contributed by atoms with E-state index in [4.69, 9.17) is 5.11 Å². The first-order valence-electron chi connectivity index (χ1n) is 5.05. The number of aromatic amines is 1. The largest absolute Gasteiger partial charge is 0.395 e. The van der Waals surface area contributed by atoms with Crippen LogP contribution in [-0.2, 0) is 0 Å². The number of nitrogens with one attached hydrogen (secondary N) is 1. The summed E-state index contributed by atoms with van der Waals surface area (Å²) in [6, 6.07) is 0. The average molecular weight is 388 g/mol. The molecule has 1 aromatic rings. The predicted molar refractivity (Wildman–Crippen MR) is 72.4 cm³/mol. The Morgan fingerprint density at radius 2 is 2.22 bits per heavy atom. The minimum atomic E-state index is -1.67. The SMILES string of the molecule is O=c1[nH]c(=O)n([C@@H]2S[C@H](CO)[C@@H](O)[C@@H]2F)cc1I. The molecule has 0 bridgehead atoms. The van der Waals surface area contributed by atoms with Crippen LogP contribution in [0.2, 0.25) is 0 Å². The fraction of sp³-hybridized carbons (Fsp3) is 0.556. The number of rotatable bonds is 2. The van der Waals surface area contributed by atoms with Gasteiger partial charge in [-0.05, 0) is 22.6 Å². The maximum absolute atomic E-state index is 13.9. The average Bonchev–Trinajstić information content (AvgIpc) is 2.61. The van der Waals surface area contributed by atoms with E-state index in [9.17, 15) is 19.1 Å². The molecule has 4 atom stereocenters. The maximum Gasteiger partial charge on any atom is 0.329 e. The summed E-state index contributed by atoms with van der Waals surface area (Å²) < 4.78 is 15.2. The highest BCUT2D eigenvalue weighted by Gasteiger charge is 2.44. The summed E-state index contributed by atoms with van der Waals surface area (Å²) in [7, 11) is 0. The van der Waals surface area contributed by atoms with Crippen LogP contribution in [0.1, 0.15) is 5.37 Å². The first-order chi connectivity index (χ1) is 8.45. The Morgan fingerprint density at radius 1 is 1.56 bits per heavy atom. The van der Waals surface area contributed by atoms with Crippen LogP contribution in [0.4, 0.5) is 4.39 Å². The maximum atomic E-state index is 13.9. The van der Waals surface area contributed by atoms with Gasteiger partial charge in [0.1, 0.15) is 11.5 Å². The third-order valence-corrected chi connectivity index (χ3v) is 4.98. The van der Waals surface area contributed by atoms with Crippen molar-refractivity contribution in [3.05, 3.63) is 30.6 Å². The number of aliphatic hydroxyl groups excluding tert-OH is 2. The summed E-state index contributed by atoms with van der Waals surface area (Å²) in [5.74, 6) is 0. The van der Waals surface area contributed by atoms with Crippen molar-refractivity contribution in [2.45, 2.75) is 22.9 Å². The van der Waals surface area contributed by atoms with Crippen molar-refractivity contribution in [1.29, 1.82) is 0 Å². The number of nitrogens with zero attached hydrogens (tertiary/aromatic N) is 1. The van der Waals surface area contributed by atoms with Crippen LogP contribution in [0, 0.1) is 3.57 Å². The normalized spacial score (nSPS) is 31.8. The summed E-state index contributed by atoms with van der Waals surface area (Å²) in [5.41, 5.74) is -1.26. The van der Waals surface area contributed by atoms with Crippen molar-refractivity contribution in [2.75, 3.05) is 6.61 Å². The second kappa shape index (κ2) is 5.31. The monoisotopic (exact) mass is 388 g/mol. The highest BCUT2D eigenvalue weighted by atomic mass is 127. The number of aliphatic hydroxyl groups is 2. The molecule has 0 radical (unpaired) electrons. The Bertz CT molecular complexity index is 562. The quantitative estimate of drug-likeness (QED) is 0.591. The highest BCUT2D eigenvalue weighted by Crippen LogP contribution is 2.42. The molecule has 18 heavy (non-hydrogen) atoms. The van der Waals surface area contributed by atoms with E-state index in [1.165, 1.54) is 6.20 Å². The molecule has 0 saturated carbocycles. The zero-order valence-electron chi connectivity index (χ0n) is 8.92. The Labute approximate surface area is 118 Å². The second-order valence-corrected chi connectivity index (χ2v) is 6.35. The number of halogens is 2. The molecule has 0 spiro atoms. The molecule has 0 unspecified atom stereocenters. The van der Waals surface area contributed by atoms with Gasteiger partial charge in [-0.25, -0.2) is 9.18 Å². The molecular formula is C9H10FIN2O4S. The van der Waals surface area contributed by atoms with Gasteiger partial charge in [0, 0.05) is 6.20 Å². The summed E-state index contributed by atoms with van der Waals surface area (Å²) in [6.45, 7) is -0.377. The molecule has 0 aromatic carbocycles. The Balaban J connectivity index is 2.42. The Kier molecular flexibility index (Phi) is 4.14. The highest BCUT2D eigenvalue weighted by molar-refractivity contribution is 14.1. The van der Waals surface area contributed by atoms with Gasteiger partial charge in [-0.15, -0.1) is 11.8 Å². The summed E-state index contributed by atoms with van der Waals surface area (Å²) in [4.78, 5) is 24.9. The lowest BCUT2D eigenvalue weighted by atomic mass is 10.1.